The van der Waals surface area contributed by atoms with Gasteiger partial charge >= 0.3 is 0 Å². The number of halogens is 1. The Balaban J connectivity index is 2.20. The molecule has 0 aromatic heterocycles. The van der Waals surface area contributed by atoms with Crippen LogP contribution < -0.4 is 10.6 Å². The number of likely N-dealkylation sites (N-methyl/N-ethyl adjacent to an activating group) is 1. The Morgan fingerprint density at radius 1 is 1.44 bits per heavy atom. The largest absolute Gasteiger partial charge is 0.370 e. The summed E-state index contributed by atoms with van der Waals surface area (Å²) in [5.41, 5.74) is 7.70. The van der Waals surface area contributed by atoms with Crippen LogP contribution in [0.1, 0.15) is 18.4 Å². The first-order valence-corrected chi connectivity index (χ1v) is 6.51. The van der Waals surface area contributed by atoms with Crippen molar-refractivity contribution in [2.45, 2.75) is 25.4 Å². The zero-order chi connectivity index (χ0) is 13.1. The first kappa shape index (κ1) is 13.3. The summed E-state index contributed by atoms with van der Waals surface area (Å²) in [6, 6.07) is 5.49. The summed E-state index contributed by atoms with van der Waals surface area (Å²) < 4.78 is 13.2. The minimum atomic E-state index is -0.208. The van der Waals surface area contributed by atoms with Gasteiger partial charge in [-0.3, -0.25) is 0 Å². The average Bonchev–Trinajstić information content (AvgIpc) is 2.38. The molecule has 4 heteroatoms. The van der Waals surface area contributed by atoms with E-state index >= 15 is 0 Å². The molecule has 1 saturated heterocycles. The van der Waals surface area contributed by atoms with Crippen molar-refractivity contribution in [3.8, 4) is 0 Å². The highest BCUT2D eigenvalue weighted by Gasteiger charge is 2.22. The Morgan fingerprint density at radius 2 is 2.22 bits per heavy atom. The fourth-order valence-electron chi connectivity index (χ4n) is 2.62. The summed E-state index contributed by atoms with van der Waals surface area (Å²) in [5, 5.41) is 0. The van der Waals surface area contributed by atoms with Gasteiger partial charge < -0.3 is 15.5 Å². The van der Waals surface area contributed by atoms with Crippen molar-refractivity contribution in [2.24, 2.45) is 5.73 Å². The second-order valence-corrected chi connectivity index (χ2v) is 5.18. The lowest BCUT2D eigenvalue weighted by atomic mass is 10.0. The monoisotopic (exact) mass is 251 g/mol. The van der Waals surface area contributed by atoms with Gasteiger partial charge in [-0.1, -0.05) is 0 Å². The summed E-state index contributed by atoms with van der Waals surface area (Å²) in [7, 11) is 4.23. The van der Waals surface area contributed by atoms with Gasteiger partial charge in [0.15, 0.2) is 0 Å². The van der Waals surface area contributed by atoms with Gasteiger partial charge in [-0.2, -0.15) is 0 Å². The third-order valence-corrected chi connectivity index (χ3v) is 3.73. The molecule has 1 heterocycles. The van der Waals surface area contributed by atoms with Crippen LogP contribution in [0.25, 0.3) is 0 Å². The van der Waals surface area contributed by atoms with Gasteiger partial charge in [0, 0.05) is 31.4 Å². The Hall–Kier alpha value is -1.13. The highest BCUT2D eigenvalue weighted by molar-refractivity contribution is 5.54. The Kier molecular flexibility index (Phi) is 4.19. The highest BCUT2D eigenvalue weighted by atomic mass is 19.1. The van der Waals surface area contributed by atoms with Crippen LogP contribution in [-0.2, 0) is 6.54 Å². The van der Waals surface area contributed by atoms with Crippen LogP contribution in [0.2, 0.25) is 0 Å². The first-order valence-electron chi connectivity index (χ1n) is 6.51. The van der Waals surface area contributed by atoms with Crippen molar-refractivity contribution in [1.29, 1.82) is 0 Å². The van der Waals surface area contributed by atoms with Gasteiger partial charge in [0.1, 0.15) is 5.82 Å². The van der Waals surface area contributed by atoms with Crippen LogP contribution in [0.5, 0.6) is 0 Å². The molecule has 2 N–H and O–H groups in total. The Labute approximate surface area is 108 Å². The highest BCUT2D eigenvalue weighted by Crippen LogP contribution is 2.25. The normalized spacial score (nSPS) is 20.5. The predicted octanol–water partition coefficient (Wildman–Crippen LogP) is 1.81. The van der Waals surface area contributed by atoms with Gasteiger partial charge in [-0.05, 0) is 50.7 Å². The molecule has 1 aromatic carbocycles. The van der Waals surface area contributed by atoms with E-state index in [9.17, 15) is 4.39 Å². The van der Waals surface area contributed by atoms with Crippen molar-refractivity contribution in [3.63, 3.8) is 0 Å². The lowest BCUT2D eigenvalue weighted by molar-refractivity contribution is 0.258. The number of hydrogen-bond donors (Lipinski definition) is 1. The molecular weight excluding hydrogens is 229 g/mol. The topological polar surface area (TPSA) is 32.5 Å². The zero-order valence-corrected chi connectivity index (χ0v) is 11.2. The van der Waals surface area contributed by atoms with Gasteiger partial charge in [-0.15, -0.1) is 0 Å². The van der Waals surface area contributed by atoms with E-state index < -0.39 is 0 Å². The first-order chi connectivity index (χ1) is 8.61. The third kappa shape index (κ3) is 2.82. The minimum absolute atomic E-state index is 0.208. The number of anilines is 1. The van der Waals surface area contributed by atoms with E-state index in [1.54, 1.807) is 6.07 Å². The molecule has 1 aliphatic heterocycles. The fourth-order valence-corrected chi connectivity index (χ4v) is 2.62. The summed E-state index contributed by atoms with van der Waals surface area (Å²) in [4.78, 5) is 4.59. The number of benzene rings is 1. The maximum atomic E-state index is 13.2. The quantitative estimate of drug-likeness (QED) is 0.889. The van der Waals surface area contributed by atoms with E-state index in [1.807, 2.05) is 6.07 Å². The maximum Gasteiger partial charge on any atom is 0.123 e. The van der Waals surface area contributed by atoms with Gasteiger partial charge in [0.05, 0.1) is 0 Å². The second-order valence-electron chi connectivity index (χ2n) is 5.18. The van der Waals surface area contributed by atoms with E-state index in [0.29, 0.717) is 12.6 Å². The minimum Gasteiger partial charge on any atom is -0.370 e. The van der Waals surface area contributed by atoms with E-state index in [2.05, 4.69) is 23.9 Å². The molecule has 0 radical (unpaired) electrons. The molecule has 1 aromatic rings. The van der Waals surface area contributed by atoms with Crippen molar-refractivity contribution in [2.75, 3.05) is 32.1 Å². The van der Waals surface area contributed by atoms with Crippen LogP contribution in [0, 0.1) is 5.82 Å². The molecule has 3 nitrogen and oxygen atoms in total. The molecule has 18 heavy (non-hydrogen) atoms. The molecule has 0 spiro atoms. The van der Waals surface area contributed by atoms with Crippen molar-refractivity contribution >= 4 is 5.69 Å². The summed E-state index contributed by atoms with van der Waals surface area (Å²) in [5.74, 6) is -0.208. The third-order valence-electron chi connectivity index (χ3n) is 3.73. The van der Waals surface area contributed by atoms with E-state index in [-0.39, 0.29) is 5.82 Å². The van der Waals surface area contributed by atoms with Gasteiger partial charge in [0.25, 0.3) is 0 Å². The SMILES string of the molecule is CN(C)C1CCCN(c2ccc(F)cc2CN)C1. The molecule has 100 valence electrons. The van der Waals surface area contributed by atoms with Crippen LogP contribution in [-0.4, -0.2) is 38.1 Å². The van der Waals surface area contributed by atoms with E-state index in [4.69, 9.17) is 5.73 Å². The molecule has 1 aliphatic rings. The molecule has 0 amide bonds. The van der Waals surface area contributed by atoms with Gasteiger partial charge in [0.2, 0.25) is 0 Å². The van der Waals surface area contributed by atoms with Crippen LogP contribution in [0.4, 0.5) is 10.1 Å². The number of nitrogens with two attached hydrogens (primary N) is 1. The molecule has 0 saturated carbocycles. The summed E-state index contributed by atoms with van der Waals surface area (Å²) >= 11 is 0. The molecule has 0 bridgehead atoms. The van der Waals surface area contributed by atoms with E-state index in [0.717, 1.165) is 24.3 Å². The predicted molar refractivity (Wildman–Crippen MR) is 73.2 cm³/mol. The molecular formula is C14H22FN3. The standard InChI is InChI=1S/C14H22FN3/c1-17(2)13-4-3-7-18(10-13)14-6-5-12(15)8-11(14)9-16/h5-6,8,13H,3-4,7,9-10,16H2,1-2H3. The maximum absolute atomic E-state index is 13.2. The molecule has 2 rings (SSSR count). The average molecular weight is 251 g/mol. The van der Waals surface area contributed by atoms with Crippen molar-refractivity contribution < 1.29 is 4.39 Å². The Morgan fingerprint density at radius 3 is 2.89 bits per heavy atom. The molecule has 1 unspecified atom stereocenters. The fraction of sp³-hybridized carbons (Fsp3) is 0.571. The smallest absolute Gasteiger partial charge is 0.123 e. The summed E-state index contributed by atoms with van der Waals surface area (Å²) in [6.07, 6.45) is 2.40. The lowest BCUT2D eigenvalue weighted by Crippen LogP contribution is -2.45. The zero-order valence-electron chi connectivity index (χ0n) is 11.2. The molecule has 1 fully saturated rings. The molecule has 0 aliphatic carbocycles. The number of piperidine rings is 1. The van der Waals surface area contributed by atoms with Crippen molar-refractivity contribution in [3.05, 3.63) is 29.6 Å². The number of hydrogen-bond acceptors (Lipinski definition) is 3. The van der Waals surface area contributed by atoms with Crippen LogP contribution in [0.3, 0.4) is 0 Å². The molecule has 1 atom stereocenters. The van der Waals surface area contributed by atoms with Crippen LogP contribution in [0.15, 0.2) is 18.2 Å². The van der Waals surface area contributed by atoms with Crippen LogP contribution >= 0.6 is 0 Å². The second kappa shape index (κ2) is 5.67. The number of rotatable bonds is 3. The Bertz CT molecular complexity index is 406. The lowest BCUT2D eigenvalue weighted by Gasteiger charge is -2.38. The number of nitrogens with zero attached hydrogens (tertiary/aromatic N) is 2. The summed E-state index contributed by atoms with van der Waals surface area (Å²) in [6.45, 7) is 2.41. The van der Waals surface area contributed by atoms with E-state index in [1.165, 1.54) is 18.9 Å². The van der Waals surface area contributed by atoms with Crippen molar-refractivity contribution in [1.82, 2.24) is 4.90 Å². The van der Waals surface area contributed by atoms with Gasteiger partial charge in [-0.25, -0.2) is 4.39 Å².